The average Bonchev–Trinajstić information content (AvgIpc) is 2.94. The largest absolute Gasteiger partial charge is 0.348 e. The first-order valence-electron chi connectivity index (χ1n) is 7.99. The Balaban J connectivity index is 1.93. The van der Waals surface area contributed by atoms with E-state index in [1.165, 1.54) is 0 Å². The van der Waals surface area contributed by atoms with Crippen LogP contribution in [0.25, 0.3) is 0 Å². The summed E-state index contributed by atoms with van der Waals surface area (Å²) in [4.78, 5) is 0. The highest BCUT2D eigenvalue weighted by Gasteiger charge is 2.69. The van der Waals surface area contributed by atoms with Gasteiger partial charge in [-0.2, -0.15) is 0 Å². The lowest BCUT2D eigenvalue weighted by Crippen LogP contribution is -2.55. The summed E-state index contributed by atoms with van der Waals surface area (Å²) in [6.45, 7) is 16.3. The van der Waals surface area contributed by atoms with Crippen LogP contribution in [0.5, 0.6) is 0 Å². The zero-order valence-electron chi connectivity index (χ0n) is 14.5. The van der Waals surface area contributed by atoms with Gasteiger partial charge in [-0.3, -0.25) is 0 Å². The first kappa shape index (κ1) is 16.4. The second kappa shape index (κ2) is 4.77. The molecule has 0 saturated carbocycles. The Morgan fingerprint density at radius 1 is 0.955 bits per heavy atom. The second-order valence-corrected chi connectivity index (χ2v) is 7.88. The predicted octanol–water partition coefficient (Wildman–Crippen LogP) is 2.99. The van der Waals surface area contributed by atoms with E-state index in [0.717, 1.165) is 6.42 Å². The van der Waals surface area contributed by atoms with Gasteiger partial charge >= 0.3 is 0 Å². The second-order valence-electron chi connectivity index (χ2n) is 7.88. The van der Waals surface area contributed by atoms with Gasteiger partial charge in [-0.1, -0.05) is 13.0 Å². The molecule has 0 amide bonds. The SMILES string of the molecule is C=CC[C@@]1(C)[C@H]2OC(C)(C)O[C@H]2OC1(C)C1COC(C)(C)O1. The lowest BCUT2D eigenvalue weighted by Gasteiger charge is -2.44. The van der Waals surface area contributed by atoms with Gasteiger partial charge in [-0.05, 0) is 41.0 Å². The monoisotopic (exact) mass is 312 g/mol. The van der Waals surface area contributed by atoms with Crippen LogP contribution in [0.3, 0.4) is 0 Å². The molecule has 126 valence electrons. The van der Waals surface area contributed by atoms with E-state index in [1.54, 1.807) is 0 Å². The molecule has 5 nitrogen and oxygen atoms in total. The summed E-state index contributed by atoms with van der Waals surface area (Å²) < 4.78 is 30.3. The van der Waals surface area contributed by atoms with Crippen molar-refractivity contribution in [1.82, 2.24) is 0 Å². The number of allylic oxidation sites excluding steroid dienone is 1. The minimum absolute atomic E-state index is 0.155. The van der Waals surface area contributed by atoms with E-state index in [9.17, 15) is 0 Å². The molecule has 2 unspecified atom stereocenters. The molecule has 3 rings (SSSR count). The Labute approximate surface area is 132 Å². The van der Waals surface area contributed by atoms with Crippen LogP contribution in [0.4, 0.5) is 0 Å². The summed E-state index contributed by atoms with van der Waals surface area (Å²) in [5.41, 5.74) is -0.873. The quantitative estimate of drug-likeness (QED) is 0.750. The Bertz CT molecular complexity index is 474. The van der Waals surface area contributed by atoms with Crippen molar-refractivity contribution in [2.45, 2.75) is 83.6 Å². The highest BCUT2D eigenvalue weighted by atomic mass is 16.8. The number of hydrogen-bond donors (Lipinski definition) is 0. The number of fused-ring (bicyclic) bond motifs is 1. The molecule has 5 atom stereocenters. The van der Waals surface area contributed by atoms with E-state index < -0.39 is 23.5 Å². The third kappa shape index (κ3) is 2.26. The molecule has 0 spiro atoms. The van der Waals surface area contributed by atoms with Crippen molar-refractivity contribution in [2.75, 3.05) is 6.61 Å². The summed E-state index contributed by atoms with van der Waals surface area (Å²) in [6.07, 6.45) is 1.95. The molecule has 0 radical (unpaired) electrons. The Kier molecular flexibility index (Phi) is 3.56. The van der Waals surface area contributed by atoms with Gasteiger partial charge in [0.05, 0.1) is 6.61 Å². The van der Waals surface area contributed by atoms with Crippen molar-refractivity contribution in [1.29, 1.82) is 0 Å². The van der Waals surface area contributed by atoms with E-state index in [1.807, 2.05) is 33.8 Å². The van der Waals surface area contributed by atoms with Gasteiger partial charge < -0.3 is 23.7 Å². The van der Waals surface area contributed by atoms with Crippen LogP contribution >= 0.6 is 0 Å². The minimum atomic E-state index is -0.634. The smallest absolute Gasteiger partial charge is 0.188 e. The Hall–Kier alpha value is -0.460. The molecule has 5 heteroatoms. The summed E-state index contributed by atoms with van der Waals surface area (Å²) in [5.74, 6) is -1.23. The molecule has 0 aromatic rings. The molecule has 22 heavy (non-hydrogen) atoms. The maximum absolute atomic E-state index is 6.35. The lowest BCUT2D eigenvalue weighted by molar-refractivity contribution is -0.266. The summed E-state index contributed by atoms with van der Waals surface area (Å²) in [6, 6.07) is 0. The zero-order chi connectivity index (χ0) is 16.4. The maximum Gasteiger partial charge on any atom is 0.188 e. The molecule has 3 aliphatic heterocycles. The van der Waals surface area contributed by atoms with Gasteiger partial charge in [-0.25, -0.2) is 0 Å². The molecule has 3 fully saturated rings. The first-order valence-corrected chi connectivity index (χ1v) is 7.99. The van der Waals surface area contributed by atoms with Crippen LogP contribution in [0.2, 0.25) is 0 Å². The van der Waals surface area contributed by atoms with Crippen molar-refractivity contribution >= 4 is 0 Å². The van der Waals surface area contributed by atoms with Gasteiger partial charge in [-0.15, -0.1) is 6.58 Å². The number of ether oxygens (including phenoxy) is 5. The van der Waals surface area contributed by atoms with Crippen LogP contribution in [-0.2, 0) is 23.7 Å². The van der Waals surface area contributed by atoms with Crippen LogP contribution in [-0.4, -0.2) is 42.3 Å². The minimum Gasteiger partial charge on any atom is -0.348 e. The summed E-state index contributed by atoms with van der Waals surface area (Å²) in [5, 5.41) is 0. The summed E-state index contributed by atoms with van der Waals surface area (Å²) >= 11 is 0. The predicted molar refractivity (Wildman–Crippen MR) is 81.1 cm³/mol. The van der Waals surface area contributed by atoms with Crippen LogP contribution in [0, 0.1) is 5.41 Å². The van der Waals surface area contributed by atoms with Gasteiger partial charge in [0.2, 0.25) is 0 Å². The van der Waals surface area contributed by atoms with E-state index in [2.05, 4.69) is 20.4 Å². The van der Waals surface area contributed by atoms with Crippen molar-refractivity contribution in [3.8, 4) is 0 Å². The molecule has 0 N–H and O–H groups in total. The molecule has 0 aromatic heterocycles. The van der Waals surface area contributed by atoms with Crippen molar-refractivity contribution in [3.05, 3.63) is 12.7 Å². The van der Waals surface area contributed by atoms with Crippen LogP contribution < -0.4 is 0 Å². The molecule has 3 aliphatic rings. The van der Waals surface area contributed by atoms with E-state index in [0.29, 0.717) is 6.61 Å². The molecular formula is C17H28O5. The molecule has 0 aliphatic carbocycles. The maximum atomic E-state index is 6.35. The van der Waals surface area contributed by atoms with Crippen LogP contribution in [0.15, 0.2) is 12.7 Å². The van der Waals surface area contributed by atoms with E-state index in [-0.39, 0.29) is 17.6 Å². The molecule has 3 saturated heterocycles. The first-order chi connectivity index (χ1) is 10.0. The van der Waals surface area contributed by atoms with Gasteiger partial charge in [0.15, 0.2) is 17.9 Å². The molecule has 3 heterocycles. The highest BCUT2D eigenvalue weighted by molar-refractivity contribution is 5.14. The normalized spacial score (nSPS) is 49.3. The van der Waals surface area contributed by atoms with Gasteiger partial charge in [0, 0.05) is 5.41 Å². The fraction of sp³-hybridized carbons (Fsp3) is 0.882. The summed E-state index contributed by atoms with van der Waals surface area (Å²) in [7, 11) is 0. The van der Waals surface area contributed by atoms with Crippen molar-refractivity contribution in [3.63, 3.8) is 0 Å². The van der Waals surface area contributed by atoms with E-state index >= 15 is 0 Å². The fourth-order valence-corrected chi connectivity index (χ4v) is 3.93. The zero-order valence-corrected chi connectivity index (χ0v) is 14.5. The topological polar surface area (TPSA) is 46.2 Å². The lowest BCUT2D eigenvalue weighted by atomic mass is 9.67. The molecule has 0 bridgehead atoms. The third-order valence-corrected chi connectivity index (χ3v) is 5.37. The fourth-order valence-electron chi connectivity index (χ4n) is 3.93. The number of hydrogen-bond acceptors (Lipinski definition) is 5. The van der Waals surface area contributed by atoms with Crippen molar-refractivity contribution in [2.24, 2.45) is 5.41 Å². The average molecular weight is 312 g/mol. The third-order valence-electron chi connectivity index (χ3n) is 5.37. The molecule has 0 aromatic carbocycles. The van der Waals surface area contributed by atoms with Crippen LogP contribution in [0.1, 0.15) is 48.0 Å². The standard InChI is InChI=1S/C17H28O5/c1-8-9-16(6)12-13(21-15(4,5)20-12)22-17(16,7)11-10-18-14(2,3)19-11/h8,11-13H,1,9-10H2,2-7H3/t11?,12-,13-,16-,17?/m0/s1. The van der Waals surface area contributed by atoms with Gasteiger partial charge in [0.25, 0.3) is 0 Å². The number of rotatable bonds is 3. The highest BCUT2D eigenvalue weighted by Crippen LogP contribution is 2.58. The van der Waals surface area contributed by atoms with E-state index in [4.69, 9.17) is 23.7 Å². The van der Waals surface area contributed by atoms with Crippen molar-refractivity contribution < 1.29 is 23.7 Å². The Morgan fingerprint density at radius 2 is 1.64 bits per heavy atom. The Morgan fingerprint density at radius 3 is 2.18 bits per heavy atom. The molecular weight excluding hydrogens is 284 g/mol. The van der Waals surface area contributed by atoms with Gasteiger partial charge in [0.1, 0.15) is 17.8 Å².